The van der Waals surface area contributed by atoms with Crippen LogP contribution in [0.1, 0.15) is 12.0 Å². The molecule has 4 nitrogen and oxygen atoms in total. The van der Waals surface area contributed by atoms with Crippen LogP contribution in [-0.4, -0.2) is 26.2 Å². The highest BCUT2D eigenvalue weighted by molar-refractivity contribution is 5.94. The van der Waals surface area contributed by atoms with Crippen molar-refractivity contribution in [1.29, 1.82) is 0 Å². The van der Waals surface area contributed by atoms with Crippen LogP contribution in [0, 0.1) is 5.92 Å². The van der Waals surface area contributed by atoms with Gasteiger partial charge >= 0.3 is 11.9 Å². The molecule has 0 saturated carbocycles. The molecule has 0 radical (unpaired) electrons. The molecule has 0 heterocycles. The molecule has 0 N–H and O–H groups in total. The van der Waals surface area contributed by atoms with Crippen LogP contribution in [0.4, 0.5) is 0 Å². The van der Waals surface area contributed by atoms with Gasteiger partial charge < -0.3 is 9.47 Å². The number of methoxy groups -OCH3 is 2. The van der Waals surface area contributed by atoms with Crippen LogP contribution in [0.15, 0.2) is 60.7 Å². The standard InChI is InChI=1S/C18H20O4/c1-21-17(19)16(18(20)22-2)14-10-5-3-4-7-11-15-12-8-6-9-13-15/h3-13,16H,14H2,1-2H3. The highest BCUT2D eigenvalue weighted by Crippen LogP contribution is 2.09. The molecular weight excluding hydrogens is 280 g/mol. The van der Waals surface area contributed by atoms with Crippen LogP contribution in [0.5, 0.6) is 0 Å². The van der Waals surface area contributed by atoms with Gasteiger partial charge in [-0.25, -0.2) is 0 Å². The second-order valence-electron chi connectivity index (χ2n) is 4.42. The summed E-state index contributed by atoms with van der Waals surface area (Å²) in [4.78, 5) is 22.9. The third-order valence-corrected chi connectivity index (χ3v) is 2.90. The summed E-state index contributed by atoms with van der Waals surface area (Å²) in [6, 6.07) is 9.94. The maximum atomic E-state index is 11.4. The van der Waals surface area contributed by atoms with Gasteiger partial charge in [0.15, 0.2) is 5.92 Å². The molecule has 1 aromatic rings. The fourth-order valence-corrected chi connectivity index (χ4v) is 1.73. The van der Waals surface area contributed by atoms with Crippen molar-refractivity contribution in [1.82, 2.24) is 0 Å². The third kappa shape index (κ3) is 6.22. The van der Waals surface area contributed by atoms with E-state index in [1.807, 2.05) is 54.6 Å². The van der Waals surface area contributed by atoms with Crippen molar-refractivity contribution in [3.63, 3.8) is 0 Å². The summed E-state index contributed by atoms with van der Waals surface area (Å²) < 4.78 is 9.15. The number of carbonyl (C=O) groups excluding carboxylic acids is 2. The molecule has 116 valence electrons. The van der Waals surface area contributed by atoms with Gasteiger partial charge in [0.2, 0.25) is 0 Å². The zero-order valence-electron chi connectivity index (χ0n) is 12.8. The Bertz CT molecular complexity index is 540. The van der Waals surface area contributed by atoms with Crippen molar-refractivity contribution in [2.24, 2.45) is 5.92 Å². The van der Waals surface area contributed by atoms with E-state index in [9.17, 15) is 9.59 Å². The lowest BCUT2D eigenvalue weighted by molar-refractivity contribution is -0.158. The molecule has 4 heteroatoms. The molecule has 0 aliphatic heterocycles. The summed E-state index contributed by atoms with van der Waals surface area (Å²) in [5.41, 5.74) is 1.12. The lowest BCUT2D eigenvalue weighted by atomic mass is 10.1. The van der Waals surface area contributed by atoms with Gasteiger partial charge in [-0.3, -0.25) is 9.59 Å². The number of benzene rings is 1. The quantitative estimate of drug-likeness (QED) is 0.441. The summed E-state index contributed by atoms with van der Waals surface area (Å²) in [6.07, 6.45) is 11.3. The second kappa shape index (κ2) is 10.2. The number of carbonyl (C=O) groups is 2. The van der Waals surface area contributed by atoms with Crippen molar-refractivity contribution in [2.45, 2.75) is 6.42 Å². The smallest absolute Gasteiger partial charge is 0.320 e. The predicted octanol–water partition coefficient (Wildman–Crippen LogP) is 3.16. The molecular formula is C18H20O4. The van der Waals surface area contributed by atoms with Crippen LogP contribution < -0.4 is 0 Å². The maximum Gasteiger partial charge on any atom is 0.320 e. The van der Waals surface area contributed by atoms with Gasteiger partial charge in [-0.15, -0.1) is 0 Å². The van der Waals surface area contributed by atoms with Crippen molar-refractivity contribution < 1.29 is 19.1 Å². The van der Waals surface area contributed by atoms with Gasteiger partial charge in [-0.1, -0.05) is 66.8 Å². The van der Waals surface area contributed by atoms with E-state index in [0.717, 1.165) is 5.56 Å². The molecule has 0 fully saturated rings. The van der Waals surface area contributed by atoms with E-state index < -0.39 is 17.9 Å². The Hall–Kier alpha value is -2.62. The van der Waals surface area contributed by atoms with Gasteiger partial charge in [0.1, 0.15) is 0 Å². The Balaban J connectivity index is 2.47. The van der Waals surface area contributed by atoms with Crippen molar-refractivity contribution in [3.8, 4) is 0 Å². The van der Waals surface area contributed by atoms with E-state index in [2.05, 4.69) is 9.47 Å². The fourth-order valence-electron chi connectivity index (χ4n) is 1.73. The Kier molecular flexibility index (Phi) is 8.05. The topological polar surface area (TPSA) is 52.6 Å². The maximum absolute atomic E-state index is 11.4. The first-order valence-electron chi connectivity index (χ1n) is 6.89. The zero-order valence-corrected chi connectivity index (χ0v) is 12.8. The number of esters is 2. The monoisotopic (exact) mass is 300 g/mol. The molecule has 1 aromatic carbocycles. The SMILES string of the molecule is COC(=O)C(CC=CC=CC=Cc1ccccc1)C(=O)OC. The minimum absolute atomic E-state index is 0.242. The zero-order chi connectivity index (χ0) is 16.2. The van der Waals surface area contributed by atoms with Gasteiger partial charge in [0.25, 0.3) is 0 Å². The first-order chi connectivity index (χ1) is 10.7. The van der Waals surface area contributed by atoms with Crippen LogP contribution in [0.25, 0.3) is 6.08 Å². The first-order valence-corrected chi connectivity index (χ1v) is 6.89. The second-order valence-corrected chi connectivity index (χ2v) is 4.42. The Morgan fingerprint density at radius 3 is 2.14 bits per heavy atom. The molecule has 0 aliphatic rings. The Morgan fingerprint density at radius 1 is 0.955 bits per heavy atom. The van der Waals surface area contributed by atoms with E-state index in [0.29, 0.717) is 0 Å². The molecule has 0 aromatic heterocycles. The van der Waals surface area contributed by atoms with E-state index >= 15 is 0 Å². The molecule has 1 rings (SSSR count). The van der Waals surface area contributed by atoms with E-state index in [4.69, 9.17) is 0 Å². The minimum atomic E-state index is -0.917. The molecule has 0 amide bonds. The molecule has 0 atom stereocenters. The highest BCUT2D eigenvalue weighted by atomic mass is 16.5. The largest absolute Gasteiger partial charge is 0.468 e. The average molecular weight is 300 g/mol. The van der Waals surface area contributed by atoms with Crippen LogP contribution in [-0.2, 0) is 19.1 Å². The first kappa shape index (κ1) is 17.4. The fraction of sp³-hybridized carbons (Fsp3) is 0.222. The number of hydrogen-bond donors (Lipinski definition) is 0. The molecule has 0 bridgehead atoms. The summed E-state index contributed by atoms with van der Waals surface area (Å²) in [7, 11) is 2.49. The lowest BCUT2D eigenvalue weighted by Crippen LogP contribution is -2.25. The van der Waals surface area contributed by atoms with Gasteiger partial charge in [-0.2, -0.15) is 0 Å². The van der Waals surface area contributed by atoms with Crippen LogP contribution >= 0.6 is 0 Å². The molecule has 0 aliphatic carbocycles. The van der Waals surface area contributed by atoms with Crippen molar-refractivity contribution in [2.75, 3.05) is 14.2 Å². The van der Waals surface area contributed by atoms with Crippen molar-refractivity contribution >= 4 is 18.0 Å². The summed E-state index contributed by atoms with van der Waals surface area (Å²) in [5.74, 6) is -2.10. The lowest BCUT2D eigenvalue weighted by Gasteiger charge is -2.09. The highest BCUT2D eigenvalue weighted by Gasteiger charge is 2.26. The van der Waals surface area contributed by atoms with Crippen molar-refractivity contribution in [3.05, 3.63) is 66.3 Å². The minimum Gasteiger partial charge on any atom is -0.468 e. The molecule has 0 spiro atoms. The third-order valence-electron chi connectivity index (χ3n) is 2.90. The Morgan fingerprint density at radius 2 is 1.55 bits per heavy atom. The van der Waals surface area contributed by atoms with Gasteiger partial charge in [-0.05, 0) is 12.0 Å². The number of allylic oxidation sites excluding steroid dienone is 5. The van der Waals surface area contributed by atoms with E-state index in [1.165, 1.54) is 14.2 Å². The normalized spacial score (nSPS) is 11.6. The van der Waals surface area contributed by atoms with Gasteiger partial charge in [0, 0.05) is 0 Å². The Labute approximate surface area is 130 Å². The van der Waals surface area contributed by atoms with E-state index in [-0.39, 0.29) is 6.42 Å². The van der Waals surface area contributed by atoms with E-state index in [1.54, 1.807) is 12.2 Å². The molecule has 22 heavy (non-hydrogen) atoms. The molecule has 0 saturated heterocycles. The molecule has 0 unspecified atom stereocenters. The number of rotatable bonds is 7. The van der Waals surface area contributed by atoms with Gasteiger partial charge in [0.05, 0.1) is 14.2 Å². The summed E-state index contributed by atoms with van der Waals surface area (Å²) >= 11 is 0. The van der Waals surface area contributed by atoms with Crippen LogP contribution in [0.2, 0.25) is 0 Å². The summed E-state index contributed by atoms with van der Waals surface area (Å²) in [6.45, 7) is 0. The number of hydrogen-bond acceptors (Lipinski definition) is 4. The predicted molar refractivity (Wildman–Crippen MR) is 85.9 cm³/mol. The number of ether oxygens (including phenoxy) is 2. The van der Waals surface area contributed by atoms with Crippen LogP contribution in [0.3, 0.4) is 0 Å². The average Bonchev–Trinajstić information content (AvgIpc) is 2.57. The summed E-state index contributed by atoms with van der Waals surface area (Å²) in [5, 5.41) is 0.